The summed E-state index contributed by atoms with van der Waals surface area (Å²) < 4.78 is 47.9. The van der Waals surface area contributed by atoms with Crippen LogP contribution < -0.4 is 9.22 Å². The minimum Gasteiger partial charge on any atom is -0.456 e. The van der Waals surface area contributed by atoms with Crippen molar-refractivity contribution >= 4 is 44.9 Å². The number of piperazine rings is 1. The van der Waals surface area contributed by atoms with Crippen molar-refractivity contribution in [1.82, 2.24) is 13.7 Å². The third-order valence-corrected chi connectivity index (χ3v) is 8.55. The number of carbonyl (C=O) groups is 1. The van der Waals surface area contributed by atoms with E-state index in [1.54, 1.807) is 25.1 Å². The van der Waals surface area contributed by atoms with Crippen molar-refractivity contribution in [1.29, 1.82) is 5.26 Å². The van der Waals surface area contributed by atoms with Crippen LogP contribution in [-0.2, 0) is 10.0 Å². The van der Waals surface area contributed by atoms with E-state index in [0.717, 1.165) is 0 Å². The van der Waals surface area contributed by atoms with Gasteiger partial charge >= 0.3 is 6.03 Å². The van der Waals surface area contributed by atoms with E-state index in [0.29, 0.717) is 15.7 Å². The van der Waals surface area contributed by atoms with E-state index in [-0.39, 0.29) is 58.7 Å². The molecule has 1 saturated heterocycles. The number of amides is 2. The van der Waals surface area contributed by atoms with E-state index in [1.165, 1.54) is 58.9 Å². The molecule has 3 aromatic rings. The van der Waals surface area contributed by atoms with Crippen LogP contribution in [0.4, 0.5) is 14.9 Å². The molecule has 0 radical (unpaired) electrons. The molecule has 38 heavy (non-hydrogen) atoms. The molecule has 1 aliphatic rings. The molecule has 0 N–H and O–H groups in total. The second kappa shape index (κ2) is 10.9. The molecule has 0 aromatic heterocycles. The van der Waals surface area contributed by atoms with Gasteiger partial charge in [0.1, 0.15) is 27.9 Å². The Morgan fingerprint density at radius 2 is 1.66 bits per heavy atom. The van der Waals surface area contributed by atoms with E-state index >= 15 is 0 Å². The van der Waals surface area contributed by atoms with E-state index in [4.69, 9.17) is 27.9 Å². The number of carbonyl (C=O) groups excluding carboxylic acids is 1. The number of quaternary nitrogens is 1. The van der Waals surface area contributed by atoms with Crippen LogP contribution in [-0.4, -0.2) is 63.9 Å². The predicted molar refractivity (Wildman–Crippen MR) is 143 cm³/mol. The van der Waals surface area contributed by atoms with Crippen molar-refractivity contribution in [3.8, 4) is 17.6 Å². The highest BCUT2D eigenvalue weighted by Gasteiger charge is 2.39. The normalized spacial score (nSPS) is 14.7. The Morgan fingerprint density at radius 1 is 1.00 bits per heavy atom. The highest BCUT2D eigenvalue weighted by Crippen LogP contribution is 2.34. The van der Waals surface area contributed by atoms with Gasteiger partial charge in [0.15, 0.2) is 0 Å². The number of sulfonamides is 1. The lowest BCUT2D eigenvalue weighted by molar-refractivity contribution is 0.149. The van der Waals surface area contributed by atoms with Crippen LogP contribution in [0.25, 0.3) is 0 Å². The minimum absolute atomic E-state index is 0.00439. The minimum atomic E-state index is -4.11. The molecule has 1 fully saturated rings. The van der Waals surface area contributed by atoms with E-state index in [1.807, 2.05) is 6.07 Å². The third-order valence-electron chi connectivity index (χ3n) is 6.20. The van der Waals surface area contributed by atoms with Crippen molar-refractivity contribution < 1.29 is 22.3 Å². The summed E-state index contributed by atoms with van der Waals surface area (Å²) in [5.41, 5.74) is 0.615. The first-order valence-electron chi connectivity index (χ1n) is 11.5. The van der Waals surface area contributed by atoms with Crippen molar-refractivity contribution in [3.05, 3.63) is 82.1 Å². The Balaban J connectivity index is 1.56. The number of nitrogens with zero attached hydrogens (tertiary/aromatic N) is 4. The van der Waals surface area contributed by atoms with Gasteiger partial charge in [0.2, 0.25) is 10.0 Å². The lowest BCUT2D eigenvalue weighted by atomic mass is 10.2. The number of urea groups is 1. The molecule has 0 spiro atoms. The molecule has 0 bridgehead atoms. The van der Waals surface area contributed by atoms with Crippen LogP contribution in [0.2, 0.25) is 10.0 Å². The van der Waals surface area contributed by atoms with Crippen LogP contribution >= 0.6 is 23.2 Å². The van der Waals surface area contributed by atoms with Crippen molar-refractivity contribution in [2.75, 3.05) is 40.3 Å². The molecule has 1 aliphatic heterocycles. The van der Waals surface area contributed by atoms with Crippen LogP contribution in [0.15, 0.2) is 65.6 Å². The Morgan fingerprint density at radius 3 is 2.26 bits per heavy atom. The second-order valence-corrected chi connectivity index (χ2v) is 11.9. The first kappa shape index (κ1) is 27.8. The molecule has 12 heteroatoms. The van der Waals surface area contributed by atoms with Gasteiger partial charge in [-0.3, -0.25) is 4.90 Å². The molecular formula is C26H24Cl2FN4O4S+. The summed E-state index contributed by atoms with van der Waals surface area (Å²) in [5, 5.41) is 9.99. The maximum absolute atomic E-state index is 13.8. The molecule has 4 rings (SSSR count). The maximum Gasteiger partial charge on any atom is 0.423 e. The lowest BCUT2D eigenvalue weighted by Gasteiger charge is -2.37. The summed E-state index contributed by atoms with van der Waals surface area (Å²) in [5.74, 6) is -0.212. The Kier molecular flexibility index (Phi) is 7.97. The quantitative estimate of drug-likeness (QED) is 0.374. The highest BCUT2D eigenvalue weighted by molar-refractivity contribution is 7.89. The number of halogens is 3. The summed E-state index contributed by atoms with van der Waals surface area (Å²) in [6.45, 7) is 0.313. The number of ether oxygens (including phenoxy) is 1. The average Bonchev–Trinajstić information content (AvgIpc) is 2.88. The van der Waals surface area contributed by atoms with Crippen LogP contribution in [0.1, 0.15) is 5.56 Å². The smallest absolute Gasteiger partial charge is 0.423 e. The lowest BCUT2D eigenvalue weighted by Crippen LogP contribution is -2.59. The van der Waals surface area contributed by atoms with Gasteiger partial charge < -0.3 is 4.74 Å². The molecule has 3 aromatic carbocycles. The summed E-state index contributed by atoms with van der Waals surface area (Å²) in [4.78, 5) is 14.6. The highest BCUT2D eigenvalue weighted by atomic mass is 35.5. The van der Waals surface area contributed by atoms with E-state index in [2.05, 4.69) is 0 Å². The van der Waals surface area contributed by atoms with Gasteiger partial charge in [0.25, 0.3) is 0 Å². The summed E-state index contributed by atoms with van der Waals surface area (Å²) >= 11 is 12.1. The van der Waals surface area contributed by atoms with Crippen LogP contribution in [0, 0.1) is 17.1 Å². The monoisotopic (exact) mass is 577 g/mol. The average molecular weight is 578 g/mol. The van der Waals surface area contributed by atoms with E-state index < -0.39 is 15.8 Å². The van der Waals surface area contributed by atoms with Gasteiger partial charge in [-0.05, 0) is 48.5 Å². The van der Waals surface area contributed by atoms with Crippen LogP contribution in [0.5, 0.6) is 11.5 Å². The molecular weight excluding hydrogens is 554 g/mol. The largest absolute Gasteiger partial charge is 0.456 e. The zero-order chi connectivity index (χ0) is 27.7. The molecule has 198 valence electrons. The van der Waals surface area contributed by atoms with Gasteiger partial charge in [0, 0.05) is 42.3 Å². The third kappa shape index (κ3) is 5.77. The summed E-state index contributed by atoms with van der Waals surface area (Å²) in [7, 11) is -0.805. The molecule has 2 amide bonds. The number of hydrogen-bond acceptors (Lipinski definition) is 5. The zero-order valence-corrected chi connectivity index (χ0v) is 22.9. The first-order chi connectivity index (χ1) is 17.9. The Hall–Kier alpha value is -3.20. The zero-order valence-electron chi connectivity index (χ0n) is 20.6. The number of rotatable bonds is 5. The number of hydrogen-bond donors (Lipinski definition) is 0. The van der Waals surface area contributed by atoms with Gasteiger partial charge in [-0.2, -0.15) is 9.57 Å². The van der Waals surface area contributed by atoms with Gasteiger partial charge in [0.05, 0.1) is 25.7 Å². The predicted octanol–water partition coefficient (Wildman–Crippen LogP) is 5.49. The number of nitriles is 1. The topological polar surface area (TPSA) is 90.7 Å². The van der Waals surface area contributed by atoms with Crippen LogP contribution in [0.3, 0.4) is 0 Å². The second-order valence-electron chi connectivity index (χ2n) is 9.09. The van der Waals surface area contributed by atoms with Crippen molar-refractivity contribution in [3.63, 3.8) is 0 Å². The SMILES string of the molecule is C[N+](C)(C(=O)N1CCN(S(=O)(=O)c2cc(C#N)ccc2Oc2cc(Cl)cc(Cl)c2)CC1)c1cccc(F)c1. The molecule has 0 aliphatic carbocycles. The molecule has 0 unspecified atom stereocenters. The van der Waals surface area contributed by atoms with Gasteiger partial charge in [-0.1, -0.05) is 29.3 Å². The van der Waals surface area contributed by atoms with Gasteiger partial charge in [-0.25, -0.2) is 22.1 Å². The maximum atomic E-state index is 13.8. The fourth-order valence-electron chi connectivity index (χ4n) is 4.12. The Labute approximate surface area is 230 Å². The molecule has 0 saturated carbocycles. The Bertz CT molecular complexity index is 1510. The van der Waals surface area contributed by atoms with E-state index in [9.17, 15) is 22.9 Å². The molecule has 8 nitrogen and oxygen atoms in total. The van der Waals surface area contributed by atoms with Crippen molar-refractivity contribution in [2.24, 2.45) is 0 Å². The fourth-order valence-corrected chi connectivity index (χ4v) is 6.19. The molecule has 0 atom stereocenters. The molecule has 1 heterocycles. The standard InChI is InChI=1S/C26H24Cl2FN4O4S/c1-33(2,22-5-3-4-21(29)16-22)26(34)31-8-10-32(11-9-31)38(35,36)25-12-18(17-30)6-7-24(25)37-23-14-19(27)13-20(28)15-23/h3-7,12-16H,8-11H2,1-2H3/q+1. The van der Waals surface area contributed by atoms with Crippen molar-refractivity contribution in [2.45, 2.75) is 4.90 Å². The summed E-state index contributed by atoms with van der Waals surface area (Å²) in [6.07, 6.45) is 0. The van der Waals surface area contributed by atoms with Gasteiger partial charge in [-0.15, -0.1) is 0 Å². The fraction of sp³-hybridized carbons (Fsp3) is 0.231. The number of benzene rings is 3. The first-order valence-corrected chi connectivity index (χ1v) is 13.7. The summed E-state index contributed by atoms with van der Waals surface area (Å²) in [6, 6.07) is 16.1.